The highest BCUT2D eigenvalue weighted by molar-refractivity contribution is 8.03. The Morgan fingerprint density at radius 1 is 1.24 bits per heavy atom. The zero-order valence-corrected chi connectivity index (χ0v) is 13.7. The number of ether oxygens (including phenoxy) is 1. The first-order valence-corrected chi connectivity index (χ1v) is 9.84. The standard InChI is InChI=1S/C15H20O4S2/c1-2-19-14(16)11-13(12-7-4-3-5-8-12)15-20(17)9-6-10-21(15)18/h3-5,7-8,13,15H,2,6,9-11H2,1H3/t13-,15?,20?,21?/m1/s1. The molecule has 1 saturated heterocycles. The van der Waals surface area contributed by atoms with E-state index in [1.807, 2.05) is 30.3 Å². The second-order valence-electron chi connectivity index (χ2n) is 4.92. The molecule has 0 radical (unpaired) electrons. The summed E-state index contributed by atoms with van der Waals surface area (Å²) in [6.45, 7) is 2.07. The maximum Gasteiger partial charge on any atom is 0.306 e. The maximum atomic E-state index is 12.3. The van der Waals surface area contributed by atoms with Gasteiger partial charge in [-0.1, -0.05) is 30.3 Å². The molecule has 0 N–H and O–H groups in total. The summed E-state index contributed by atoms with van der Waals surface area (Å²) in [5.74, 6) is 0.476. The van der Waals surface area contributed by atoms with Crippen molar-refractivity contribution in [3.8, 4) is 0 Å². The summed E-state index contributed by atoms with van der Waals surface area (Å²) in [4.78, 5) is 11.9. The quantitative estimate of drug-likeness (QED) is 0.775. The highest BCUT2D eigenvalue weighted by Crippen LogP contribution is 2.32. The molecule has 1 aliphatic heterocycles. The van der Waals surface area contributed by atoms with Crippen molar-refractivity contribution >= 4 is 27.6 Å². The molecule has 1 aromatic carbocycles. The number of benzene rings is 1. The topological polar surface area (TPSA) is 60.4 Å². The Morgan fingerprint density at radius 2 is 1.86 bits per heavy atom. The zero-order chi connectivity index (χ0) is 15.2. The van der Waals surface area contributed by atoms with Gasteiger partial charge < -0.3 is 4.74 Å². The smallest absolute Gasteiger partial charge is 0.306 e. The van der Waals surface area contributed by atoms with Crippen LogP contribution in [0.4, 0.5) is 0 Å². The molecular weight excluding hydrogens is 308 g/mol. The Bertz CT molecular complexity index is 514. The zero-order valence-electron chi connectivity index (χ0n) is 12.0. The van der Waals surface area contributed by atoms with Gasteiger partial charge in [0.2, 0.25) is 0 Å². The highest BCUT2D eigenvalue weighted by Gasteiger charge is 2.37. The van der Waals surface area contributed by atoms with E-state index < -0.39 is 26.2 Å². The maximum absolute atomic E-state index is 12.3. The molecule has 1 fully saturated rings. The fourth-order valence-electron chi connectivity index (χ4n) is 2.53. The lowest BCUT2D eigenvalue weighted by Crippen LogP contribution is -2.37. The van der Waals surface area contributed by atoms with E-state index in [0.717, 1.165) is 12.0 Å². The van der Waals surface area contributed by atoms with Crippen molar-refractivity contribution in [3.63, 3.8) is 0 Å². The summed E-state index contributed by atoms with van der Waals surface area (Å²) in [6.07, 6.45) is 0.844. The third kappa shape index (κ3) is 4.23. The lowest BCUT2D eigenvalue weighted by Gasteiger charge is -2.28. The van der Waals surface area contributed by atoms with E-state index in [0.29, 0.717) is 18.1 Å². The van der Waals surface area contributed by atoms with Crippen molar-refractivity contribution in [2.75, 3.05) is 18.1 Å². The molecule has 0 amide bonds. The summed E-state index contributed by atoms with van der Waals surface area (Å²) >= 11 is 0. The molecule has 4 nitrogen and oxygen atoms in total. The summed E-state index contributed by atoms with van der Waals surface area (Å²) < 4.78 is 29.2. The molecule has 1 aliphatic rings. The monoisotopic (exact) mass is 328 g/mol. The first kappa shape index (κ1) is 16.4. The van der Waals surface area contributed by atoms with Crippen LogP contribution in [-0.2, 0) is 31.1 Å². The molecule has 21 heavy (non-hydrogen) atoms. The van der Waals surface area contributed by atoms with Gasteiger partial charge in [0.05, 0.1) is 13.0 Å². The van der Waals surface area contributed by atoms with Crippen molar-refractivity contribution < 1.29 is 17.9 Å². The second kappa shape index (κ2) is 7.84. The van der Waals surface area contributed by atoms with Gasteiger partial charge >= 0.3 is 5.97 Å². The number of hydrogen-bond donors (Lipinski definition) is 0. The largest absolute Gasteiger partial charge is 0.466 e. The predicted molar refractivity (Wildman–Crippen MR) is 84.9 cm³/mol. The Balaban J connectivity index is 2.28. The van der Waals surface area contributed by atoms with Crippen LogP contribution in [0.3, 0.4) is 0 Å². The lowest BCUT2D eigenvalue weighted by atomic mass is 9.97. The molecule has 0 spiro atoms. The van der Waals surface area contributed by atoms with Crippen LogP contribution in [0, 0.1) is 0 Å². The first-order chi connectivity index (χ1) is 10.1. The van der Waals surface area contributed by atoms with E-state index in [-0.39, 0.29) is 18.3 Å². The molecule has 2 unspecified atom stereocenters. The van der Waals surface area contributed by atoms with Crippen molar-refractivity contribution in [2.24, 2.45) is 0 Å². The van der Waals surface area contributed by atoms with E-state index in [1.165, 1.54) is 0 Å². The van der Waals surface area contributed by atoms with Crippen molar-refractivity contribution in [1.82, 2.24) is 0 Å². The van der Waals surface area contributed by atoms with Crippen molar-refractivity contribution in [1.29, 1.82) is 0 Å². The van der Waals surface area contributed by atoms with Crippen LogP contribution in [0.25, 0.3) is 0 Å². The minimum atomic E-state index is -1.17. The number of carbonyl (C=O) groups excluding carboxylic acids is 1. The fourth-order valence-corrected chi connectivity index (χ4v) is 6.81. The number of rotatable bonds is 5. The van der Waals surface area contributed by atoms with Gasteiger partial charge in [0, 0.05) is 39.0 Å². The third-order valence-corrected chi connectivity index (χ3v) is 7.82. The summed E-state index contributed by atoms with van der Waals surface area (Å²) in [5, 5.41) is 0. The van der Waals surface area contributed by atoms with Crippen LogP contribution in [0.1, 0.15) is 31.2 Å². The number of carbonyl (C=O) groups is 1. The molecule has 1 aromatic rings. The Labute approximate surface area is 130 Å². The molecule has 0 aromatic heterocycles. The van der Waals surface area contributed by atoms with Gasteiger partial charge in [-0.3, -0.25) is 13.2 Å². The summed E-state index contributed by atoms with van der Waals surface area (Å²) in [6, 6.07) is 9.43. The van der Waals surface area contributed by atoms with Crippen LogP contribution in [0.15, 0.2) is 30.3 Å². The Hall–Kier alpha value is -1.01. The molecule has 6 heteroatoms. The first-order valence-electron chi connectivity index (χ1n) is 7.08. The van der Waals surface area contributed by atoms with Gasteiger partial charge in [-0.05, 0) is 18.9 Å². The number of hydrogen-bond acceptors (Lipinski definition) is 4. The third-order valence-electron chi connectivity index (χ3n) is 3.46. The van der Waals surface area contributed by atoms with Crippen LogP contribution >= 0.6 is 0 Å². The van der Waals surface area contributed by atoms with E-state index in [1.54, 1.807) is 6.92 Å². The molecular formula is C15H20O4S2. The summed E-state index contributed by atoms with van der Waals surface area (Å²) in [5.41, 5.74) is 0.902. The molecule has 0 bridgehead atoms. The van der Waals surface area contributed by atoms with Crippen molar-refractivity contribution in [3.05, 3.63) is 35.9 Å². The molecule has 2 rings (SSSR count). The average Bonchev–Trinajstić information content (AvgIpc) is 2.47. The van der Waals surface area contributed by atoms with Crippen LogP contribution in [-0.4, -0.2) is 37.1 Å². The minimum Gasteiger partial charge on any atom is -0.466 e. The van der Waals surface area contributed by atoms with Crippen molar-refractivity contribution in [2.45, 2.75) is 30.3 Å². The van der Waals surface area contributed by atoms with Gasteiger partial charge in [0.25, 0.3) is 0 Å². The normalized spacial score (nSPS) is 27.0. The molecule has 1 heterocycles. The average molecular weight is 328 g/mol. The Kier molecular flexibility index (Phi) is 6.11. The van der Waals surface area contributed by atoms with Gasteiger partial charge in [-0.2, -0.15) is 0 Å². The predicted octanol–water partition coefficient (Wildman–Crippen LogP) is 1.95. The van der Waals surface area contributed by atoms with Gasteiger partial charge in [-0.25, -0.2) is 0 Å². The molecule has 3 atom stereocenters. The summed E-state index contributed by atoms with van der Waals surface area (Å²) in [7, 11) is -2.33. The molecule has 116 valence electrons. The minimum absolute atomic E-state index is 0.125. The van der Waals surface area contributed by atoms with Crippen LogP contribution in [0.5, 0.6) is 0 Å². The second-order valence-corrected chi connectivity index (χ2v) is 8.57. The van der Waals surface area contributed by atoms with E-state index in [2.05, 4.69) is 0 Å². The Morgan fingerprint density at radius 3 is 2.43 bits per heavy atom. The van der Waals surface area contributed by atoms with Crippen LogP contribution < -0.4 is 0 Å². The van der Waals surface area contributed by atoms with E-state index in [9.17, 15) is 13.2 Å². The highest BCUT2D eigenvalue weighted by atomic mass is 32.2. The SMILES string of the molecule is CCOC(=O)C[C@H](c1ccccc1)C1S(=O)CCCS1=O. The lowest BCUT2D eigenvalue weighted by molar-refractivity contribution is -0.143. The fraction of sp³-hybridized carbons (Fsp3) is 0.533. The molecule has 0 saturated carbocycles. The van der Waals surface area contributed by atoms with E-state index >= 15 is 0 Å². The van der Waals surface area contributed by atoms with Gasteiger partial charge in [0.1, 0.15) is 4.58 Å². The molecule has 0 aliphatic carbocycles. The van der Waals surface area contributed by atoms with Gasteiger partial charge in [0.15, 0.2) is 0 Å². The number of esters is 1. The van der Waals surface area contributed by atoms with Crippen LogP contribution in [0.2, 0.25) is 0 Å². The van der Waals surface area contributed by atoms with Gasteiger partial charge in [-0.15, -0.1) is 0 Å². The van der Waals surface area contributed by atoms with E-state index in [4.69, 9.17) is 4.74 Å².